The second-order valence-electron chi connectivity index (χ2n) is 7.80. The van der Waals surface area contributed by atoms with Crippen molar-refractivity contribution in [2.45, 2.75) is 44.3 Å². The van der Waals surface area contributed by atoms with Crippen molar-refractivity contribution in [2.75, 3.05) is 6.79 Å². The molecule has 0 aliphatic carbocycles. The number of rotatable bonds is 9. The standard InChI is InChI=1S/C22H22BF2NO7/c1-22(24,25)8-7-17(27)11-16-10-14-4-2-6-18(19(14)33-23(16)30)21(29)32-13-31-20(28)15-5-3-9-26-12-15/h2-6,9,12,16,30H,7-8,10-11,13H2,1H3/t16-/m1/s1. The molecule has 0 fully saturated rings. The fourth-order valence-corrected chi connectivity index (χ4v) is 3.35. The lowest BCUT2D eigenvalue weighted by Crippen LogP contribution is -2.36. The number of alkyl halides is 2. The highest BCUT2D eigenvalue weighted by atomic mass is 19.3. The molecule has 33 heavy (non-hydrogen) atoms. The van der Waals surface area contributed by atoms with Crippen LogP contribution in [-0.4, -0.2) is 47.6 Å². The van der Waals surface area contributed by atoms with Gasteiger partial charge < -0.3 is 19.2 Å². The molecule has 1 aromatic carbocycles. The maximum atomic E-state index is 13.0. The van der Waals surface area contributed by atoms with E-state index in [9.17, 15) is 28.2 Å². The Morgan fingerprint density at radius 3 is 2.67 bits per heavy atom. The van der Waals surface area contributed by atoms with Crippen molar-refractivity contribution in [3.05, 3.63) is 59.4 Å². The van der Waals surface area contributed by atoms with Crippen molar-refractivity contribution in [3.8, 4) is 5.75 Å². The second-order valence-corrected chi connectivity index (χ2v) is 7.80. The van der Waals surface area contributed by atoms with Crippen molar-refractivity contribution in [2.24, 2.45) is 0 Å². The third-order valence-corrected chi connectivity index (χ3v) is 5.05. The maximum Gasteiger partial charge on any atom is 0.526 e. The summed E-state index contributed by atoms with van der Waals surface area (Å²) < 4.78 is 41.3. The second kappa shape index (κ2) is 10.5. The Labute approximate surface area is 189 Å². The van der Waals surface area contributed by atoms with Gasteiger partial charge in [0.15, 0.2) is 0 Å². The van der Waals surface area contributed by atoms with Gasteiger partial charge in [0.2, 0.25) is 12.7 Å². The fraction of sp³-hybridized carbons (Fsp3) is 0.364. The Morgan fingerprint density at radius 2 is 1.97 bits per heavy atom. The number of ketones is 1. The minimum atomic E-state index is -2.94. The number of aromatic nitrogens is 1. The molecule has 3 rings (SSSR count). The number of carbonyl (C=O) groups is 3. The molecule has 0 spiro atoms. The van der Waals surface area contributed by atoms with E-state index in [1.54, 1.807) is 18.2 Å². The Hall–Kier alpha value is -3.34. The molecule has 1 aliphatic heterocycles. The molecule has 0 radical (unpaired) electrons. The zero-order chi connectivity index (χ0) is 24.0. The van der Waals surface area contributed by atoms with Gasteiger partial charge in [0.05, 0.1) is 5.56 Å². The molecule has 2 heterocycles. The summed E-state index contributed by atoms with van der Waals surface area (Å²) in [7, 11) is -1.40. The zero-order valence-corrected chi connectivity index (χ0v) is 17.8. The molecule has 0 saturated heterocycles. The number of esters is 2. The largest absolute Gasteiger partial charge is 0.535 e. The van der Waals surface area contributed by atoms with Gasteiger partial charge in [-0.3, -0.25) is 9.78 Å². The summed E-state index contributed by atoms with van der Waals surface area (Å²) in [5.41, 5.74) is 0.764. The van der Waals surface area contributed by atoms with E-state index in [4.69, 9.17) is 14.1 Å². The molecule has 1 aromatic heterocycles. The quantitative estimate of drug-likeness (QED) is 0.344. The van der Waals surface area contributed by atoms with E-state index in [1.807, 2.05) is 0 Å². The summed E-state index contributed by atoms with van der Waals surface area (Å²) >= 11 is 0. The van der Waals surface area contributed by atoms with Crippen LogP contribution >= 0.6 is 0 Å². The molecular formula is C22H22BF2NO7. The number of para-hydroxylation sites is 1. The first-order valence-corrected chi connectivity index (χ1v) is 10.2. The maximum absolute atomic E-state index is 13.0. The number of pyridine rings is 1. The number of ether oxygens (including phenoxy) is 2. The number of fused-ring (bicyclic) bond motifs is 1. The highest BCUT2D eigenvalue weighted by Crippen LogP contribution is 2.37. The first-order valence-electron chi connectivity index (χ1n) is 10.2. The van der Waals surface area contributed by atoms with Crippen LogP contribution in [0.2, 0.25) is 5.82 Å². The summed E-state index contributed by atoms with van der Waals surface area (Å²) in [6.45, 7) is 0.105. The molecule has 2 aromatic rings. The molecule has 11 heteroatoms. The van der Waals surface area contributed by atoms with Gasteiger partial charge in [-0.25, -0.2) is 18.4 Å². The molecule has 1 aliphatic rings. The van der Waals surface area contributed by atoms with Gasteiger partial charge in [-0.2, -0.15) is 0 Å². The van der Waals surface area contributed by atoms with E-state index in [0.717, 1.165) is 6.92 Å². The smallest absolute Gasteiger partial charge is 0.526 e. The Balaban J connectivity index is 1.58. The molecule has 0 saturated carbocycles. The van der Waals surface area contributed by atoms with Crippen LogP contribution in [0, 0.1) is 0 Å². The van der Waals surface area contributed by atoms with Gasteiger partial charge in [0.1, 0.15) is 17.1 Å². The van der Waals surface area contributed by atoms with Crippen LogP contribution in [0.5, 0.6) is 5.75 Å². The van der Waals surface area contributed by atoms with Crippen LogP contribution in [0.4, 0.5) is 8.78 Å². The van der Waals surface area contributed by atoms with Crippen LogP contribution in [0.1, 0.15) is 52.5 Å². The van der Waals surface area contributed by atoms with Crippen molar-refractivity contribution < 1.29 is 42.3 Å². The normalized spacial score (nSPS) is 15.3. The van der Waals surface area contributed by atoms with Gasteiger partial charge in [0, 0.05) is 37.5 Å². The van der Waals surface area contributed by atoms with Crippen molar-refractivity contribution in [3.63, 3.8) is 0 Å². The lowest BCUT2D eigenvalue weighted by atomic mass is 9.64. The van der Waals surface area contributed by atoms with E-state index in [1.165, 1.54) is 24.5 Å². The lowest BCUT2D eigenvalue weighted by Gasteiger charge is -2.28. The highest BCUT2D eigenvalue weighted by molar-refractivity contribution is 6.47. The number of Topliss-reactive ketones (excluding diaryl/α,β-unsaturated/α-hetero) is 1. The first kappa shape index (κ1) is 24.3. The predicted molar refractivity (Wildman–Crippen MR) is 112 cm³/mol. The average Bonchev–Trinajstić information content (AvgIpc) is 2.78. The predicted octanol–water partition coefficient (Wildman–Crippen LogP) is 3.23. The third-order valence-electron chi connectivity index (χ3n) is 5.05. The minimum Gasteiger partial charge on any atom is -0.535 e. The molecule has 174 valence electrons. The van der Waals surface area contributed by atoms with E-state index in [-0.39, 0.29) is 36.1 Å². The van der Waals surface area contributed by atoms with Gasteiger partial charge in [-0.15, -0.1) is 0 Å². The summed E-state index contributed by atoms with van der Waals surface area (Å²) in [6, 6.07) is 7.72. The van der Waals surface area contributed by atoms with Crippen LogP contribution in [-0.2, 0) is 20.7 Å². The number of halogens is 2. The van der Waals surface area contributed by atoms with E-state index < -0.39 is 49.8 Å². The van der Waals surface area contributed by atoms with E-state index >= 15 is 0 Å². The fourth-order valence-electron chi connectivity index (χ4n) is 3.35. The SMILES string of the molecule is CC(F)(F)CCC(=O)C[C@H]1Cc2cccc(C(=O)OCOC(=O)c3cccnc3)c2OB1O. The zero-order valence-electron chi connectivity index (χ0n) is 17.8. The Kier molecular flexibility index (Phi) is 7.75. The summed E-state index contributed by atoms with van der Waals surface area (Å²) in [6.07, 6.45) is 2.02. The summed E-state index contributed by atoms with van der Waals surface area (Å²) in [4.78, 5) is 40.2. The monoisotopic (exact) mass is 461 g/mol. The summed E-state index contributed by atoms with van der Waals surface area (Å²) in [5.74, 6) is -5.44. The van der Waals surface area contributed by atoms with Gasteiger partial charge in [0.25, 0.3) is 0 Å². The van der Waals surface area contributed by atoms with Crippen LogP contribution in [0.3, 0.4) is 0 Å². The Bertz CT molecular complexity index is 1010. The number of nitrogens with zero attached hydrogens (tertiary/aromatic N) is 1. The number of hydrogen-bond acceptors (Lipinski definition) is 8. The highest BCUT2D eigenvalue weighted by Gasteiger charge is 2.38. The number of carbonyl (C=O) groups excluding carboxylic acids is 3. The number of hydrogen-bond donors (Lipinski definition) is 1. The average molecular weight is 461 g/mol. The van der Waals surface area contributed by atoms with Gasteiger partial charge >= 0.3 is 19.1 Å². The van der Waals surface area contributed by atoms with Gasteiger partial charge in [-0.1, -0.05) is 12.1 Å². The molecule has 0 bridgehead atoms. The van der Waals surface area contributed by atoms with Crippen molar-refractivity contribution in [1.82, 2.24) is 4.98 Å². The molecule has 0 unspecified atom stereocenters. The van der Waals surface area contributed by atoms with Crippen LogP contribution in [0.15, 0.2) is 42.7 Å². The van der Waals surface area contributed by atoms with Crippen LogP contribution in [0.25, 0.3) is 0 Å². The molecule has 1 N–H and O–H groups in total. The summed E-state index contributed by atoms with van der Waals surface area (Å²) in [5, 5.41) is 10.3. The molecule has 1 atom stereocenters. The number of benzene rings is 1. The van der Waals surface area contributed by atoms with Crippen LogP contribution < -0.4 is 4.65 Å². The topological polar surface area (TPSA) is 112 Å². The minimum absolute atomic E-state index is 0.0133. The van der Waals surface area contributed by atoms with E-state index in [0.29, 0.717) is 5.56 Å². The first-order chi connectivity index (χ1) is 15.6. The molecule has 0 amide bonds. The lowest BCUT2D eigenvalue weighted by molar-refractivity contribution is -0.121. The van der Waals surface area contributed by atoms with Crippen molar-refractivity contribution in [1.29, 1.82) is 0 Å². The van der Waals surface area contributed by atoms with Crippen molar-refractivity contribution >= 4 is 24.8 Å². The molecule has 8 nitrogen and oxygen atoms in total. The molecular weight excluding hydrogens is 439 g/mol. The third kappa shape index (κ3) is 6.82. The van der Waals surface area contributed by atoms with Gasteiger partial charge in [-0.05, 0) is 37.1 Å². The van der Waals surface area contributed by atoms with E-state index in [2.05, 4.69) is 4.98 Å². The Morgan fingerprint density at radius 1 is 1.21 bits per heavy atom.